The van der Waals surface area contributed by atoms with E-state index in [1.54, 1.807) is 11.3 Å². The maximum Gasteiger partial charge on any atom is 0.0812 e. The Morgan fingerprint density at radius 1 is 1.25 bits per heavy atom. The summed E-state index contributed by atoms with van der Waals surface area (Å²) in [5, 5.41) is 2.07. The Kier molecular flexibility index (Phi) is 3.23. The van der Waals surface area contributed by atoms with Gasteiger partial charge in [0.25, 0.3) is 0 Å². The molecular formula is C10H13NS. The molecule has 2 aromatic rings. The van der Waals surface area contributed by atoms with Crippen LogP contribution >= 0.6 is 11.3 Å². The fourth-order valence-electron chi connectivity index (χ4n) is 1.00. The molecule has 0 bridgehead atoms. The van der Waals surface area contributed by atoms with Crippen LogP contribution in [0.15, 0.2) is 23.7 Å². The first-order chi connectivity index (χ1) is 5.88. The molecule has 2 rings (SSSR count). The summed E-state index contributed by atoms with van der Waals surface area (Å²) in [6.07, 6.45) is 1.85. The Balaban J connectivity index is 0.000000336. The topological polar surface area (TPSA) is 12.9 Å². The summed E-state index contributed by atoms with van der Waals surface area (Å²) in [6.45, 7) is 6.11. The van der Waals surface area contributed by atoms with E-state index >= 15 is 0 Å². The van der Waals surface area contributed by atoms with E-state index in [-0.39, 0.29) is 0 Å². The summed E-state index contributed by atoms with van der Waals surface area (Å²) < 4.78 is 1.31. The van der Waals surface area contributed by atoms with Crippen molar-refractivity contribution in [1.82, 2.24) is 4.98 Å². The van der Waals surface area contributed by atoms with Gasteiger partial charge in [-0.2, -0.15) is 0 Å². The Bertz CT molecular complexity index is 351. The monoisotopic (exact) mass is 179 g/mol. The maximum atomic E-state index is 4.21. The van der Waals surface area contributed by atoms with Crippen LogP contribution in [-0.2, 0) is 0 Å². The third-order valence-corrected chi connectivity index (χ3v) is 2.58. The molecule has 0 spiro atoms. The predicted octanol–water partition coefficient (Wildman–Crippen LogP) is 3.63. The average Bonchev–Trinajstić information content (AvgIpc) is 2.57. The molecule has 2 heteroatoms. The van der Waals surface area contributed by atoms with Crippen molar-refractivity contribution in [2.45, 2.75) is 20.8 Å². The predicted molar refractivity (Wildman–Crippen MR) is 55.7 cm³/mol. The van der Waals surface area contributed by atoms with Gasteiger partial charge >= 0.3 is 0 Å². The highest BCUT2D eigenvalue weighted by atomic mass is 32.1. The van der Waals surface area contributed by atoms with Gasteiger partial charge in [-0.15, -0.1) is 11.3 Å². The van der Waals surface area contributed by atoms with E-state index < -0.39 is 0 Å². The molecule has 0 unspecified atom stereocenters. The van der Waals surface area contributed by atoms with Crippen LogP contribution < -0.4 is 0 Å². The molecule has 1 nitrogen and oxygen atoms in total. The highest BCUT2D eigenvalue weighted by Crippen LogP contribution is 2.21. The molecule has 0 atom stereocenters. The Morgan fingerprint density at radius 3 is 2.67 bits per heavy atom. The minimum atomic E-state index is 1.12. The molecule has 0 aromatic carbocycles. The van der Waals surface area contributed by atoms with Gasteiger partial charge in [-0.05, 0) is 30.0 Å². The molecule has 0 aliphatic carbocycles. The minimum absolute atomic E-state index is 1.12. The number of pyridine rings is 1. The van der Waals surface area contributed by atoms with E-state index in [4.69, 9.17) is 0 Å². The van der Waals surface area contributed by atoms with Crippen LogP contribution in [0.4, 0.5) is 0 Å². The van der Waals surface area contributed by atoms with Crippen LogP contribution in [0.3, 0.4) is 0 Å². The molecule has 12 heavy (non-hydrogen) atoms. The SMILES string of the molecule is CC.Cc1ccnc2ccsc12. The van der Waals surface area contributed by atoms with E-state index in [2.05, 4.69) is 17.3 Å². The molecule has 0 saturated carbocycles. The van der Waals surface area contributed by atoms with Gasteiger partial charge in [0.1, 0.15) is 0 Å². The molecule has 2 aromatic heterocycles. The summed E-state index contributed by atoms with van der Waals surface area (Å²) in [5.74, 6) is 0. The van der Waals surface area contributed by atoms with E-state index in [0.717, 1.165) is 5.52 Å². The van der Waals surface area contributed by atoms with Crippen LogP contribution in [0.5, 0.6) is 0 Å². The second-order valence-electron chi connectivity index (χ2n) is 2.26. The van der Waals surface area contributed by atoms with Crippen LogP contribution in [0.25, 0.3) is 10.2 Å². The fourth-order valence-corrected chi connectivity index (χ4v) is 1.83. The Hall–Kier alpha value is -0.890. The zero-order chi connectivity index (χ0) is 8.97. The number of hydrogen-bond acceptors (Lipinski definition) is 2. The first-order valence-electron chi connectivity index (χ1n) is 4.17. The highest BCUT2D eigenvalue weighted by molar-refractivity contribution is 7.17. The first kappa shape index (κ1) is 9.20. The van der Waals surface area contributed by atoms with Gasteiger partial charge in [0.15, 0.2) is 0 Å². The number of fused-ring (bicyclic) bond motifs is 1. The van der Waals surface area contributed by atoms with Crippen molar-refractivity contribution < 1.29 is 0 Å². The number of nitrogens with zero attached hydrogens (tertiary/aromatic N) is 1. The molecule has 0 aliphatic heterocycles. The van der Waals surface area contributed by atoms with E-state index in [1.165, 1.54) is 10.3 Å². The second kappa shape index (κ2) is 4.21. The Morgan fingerprint density at radius 2 is 2.00 bits per heavy atom. The van der Waals surface area contributed by atoms with Gasteiger partial charge in [0.2, 0.25) is 0 Å². The lowest BCUT2D eigenvalue weighted by atomic mass is 10.3. The summed E-state index contributed by atoms with van der Waals surface area (Å²) in [7, 11) is 0. The molecule has 0 saturated heterocycles. The van der Waals surface area contributed by atoms with Crippen LogP contribution in [0, 0.1) is 6.92 Å². The third kappa shape index (κ3) is 1.64. The first-order valence-corrected chi connectivity index (χ1v) is 5.05. The fraction of sp³-hybridized carbons (Fsp3) is 0.300. The van der Waals surface area contributed by atoms with E-state index in [9.17, 15) is 0 Å². The number of thiophene rings is 1. The summed E-state index contributed by atoms with van der Waals surface area (Å²) in [6, 6.07) is 4.09. The van der Waals surface area contributed by atoms with E-state index in [0.29, 0.717) is 0 Å². The lowest BCUT2D eigenvalue weighted by Gasteiger charge is -1.90. The maximum absolute atomic E-state index is 4.21. The van der Waals surface area contributed by atoms with Crippen LogP contribution in [0.2, 0.25) is 0 Å². The lowest BCUT2D eigenvalue weighted by molar-refractivity contribution is 1.39. The van der Waals surface area contributed by atoms with Crippen LogP contribution in [-0.4, -0.2) is 4.98 Å². The molecule has 0 N–H and O–H groups in total. The van der Waals surface area contributed by atoms with Gasteiger partial charge < -0.3 is 0 Å². The standard InChI is InChI=1S/C8H7NS.C2H6/c1-6-2-4-9-7-3-5-10-8(6)7;1-2/h2-5H,1H3;1-2H3. The minimum Gasteiger partial charge on any atom is -0.255 e. The zero-order valence-electron chi connectivity index (χ0n) is 7.66. The van der Waals surface area contributed by atoms with Crippen molar-refractivity contribution in [2.75, 3.05) is 0 Å². The highest BCUT2D eigenvalue weighted by Gasteiger charge is 1.96. The smallest absolute Gasteiger partial charge is 0.0812 e. The molecule has 0 amide bonds. The summed E-state index contributed by atoms with van der Waals surface area (Å²) in [4.78, 5) is 4.21. The van der Waals surface area contributed by atoms with Crippen molar-refractivity contribution in [3.63, 3.8) is 0 Å². The van der Waals surface area contributed by atoms with Crippen molar-refractivity contribution in [3.05, 3.63) is 29.3 Å². The summed E-state index contributed by atoms with van der Waals surface area (Å²) in [5.41, 5.74) is 2.44. The molecule has 0 radical (unpaired) electrons. The summed E-state index contributed by atoms with van der Waals surface area (Å²) >= 11 is 1.75. The lowest BCUT2D eigenvalue weighted by Crippen LogP contribution is -1.73. The van der Waals surface area contributed by atoms with E-state index in [1.807, 2.05) is 32.2 Å². The van der Waals surface area contributed by atoms with Crippen molar-refractivity contribution in [2.24, 2.45) is 0 Å². The Labute approximate surface area is 77.1 Å². The van der Waals surface area contributed by atoms with Gasteiger partial charge in [-0.25, -0.2) is 0 Å². The largest absolute Gasteiger partial charge is 0.255 e. The number of hydrogen-bond donors (Lipinski definition) is 0. The number of rotatable bonds is 0. The third-order valence-electron chi connectivity index (χ3n) is 1.54. The van der Waals surface area contributed by atoms with Crippen molar-refractivity contribution in [3.8, 4) is 0 Å². The number of aromatic nitrogens is 1. The van der Waals surface area contributed by atoms with Crippen molar-refractivity contribution in [1.29, 1.82) is 0 Å². The van der Waals surface area contributed by atoms with Gasteiger partial charge in [-0.1, -0.05) is 13.8 Å². The number of aryl methyl sites for hydroxylation is 1. The second-order valence-corrected chi connectivity index (χ2v) is 3.18. The normalized spacial score (nSPS) is 9.25. The van der Waals surface area contributed by atoms with Gasteiger partial charge in [0, 0.05) is 6.20 Å². The quantitative estimate of drug-likeness (QED) is 0.601. The zero-order valence-corrected chi connectivity index (χ0v) is 8.48. The molecule has 0 fully saturated rings. The van der Waals surface area contributed by atoms with Gasteiger partial charge in [-0.3, -0.25) is 4.98 Å². The molecule has 2 heterocycles. The molecular weight excluding hydrogens is 166 g/mol. The molecule has 0 aliphatic rings. The average molecular weight is 179 g/mol. The van der Waals surface area contributed by atoms with Gasteiger partial charge in [0.05, 0.1) is 10.2 Å². The van der Waals surface area contributed by atoms with Crippen molar-refractivity contribution >= 4 is 21.6 Å². The van der Waals surface area contributed by atoms with Crippen LogP contribution in [0.1, 0.15) is 19.4 Å². The molecule has 64 valence electrons.